The third-order valence-electron chi connectivity index (χ3n) is 5.86. The number of aromatic nitrogens is 3. The zero-order valence-electron chi connectivity index (χ0n) is 14.3. The van der Waals surface area contributed by atoms with Gasteiger partial charge in [-0.2, -0.15) is 13.2 Å². The van der Waals surface area contributed by atoms with Gasteiger partial charge in [0.15, 0.2) is 0 Å². The second-order valence-corrected chi connectivity index (χ2v) is 7.54. The van der Waals surface area contributed by atoms with E-state index in [4.69, 9.17) is 5.73 Å². The summed E-state index contributed by atoms with van der Waals surface area (Å²) in [7, 11) is 0. The monoisotopic (exact) mass is 350 g/mol. The highest BCUT2D eigenvalue weighted by molar-refractivity contribution is 5.62. The molecule has 0 bridgehead atoms. The molecule has 2 N–H and O–H groups in total. The Kier molecular flexibility index (Phi) is 3.43. The van der Waals surface area contributed by atoms with Crippen molar-refractivity contribution < 1.29 is 13.2 Å². The lowest BCUT2D eigenvalue weighted by atomic mass is 9.53. The first-order valence-corrected chi connectivity index (χ1v) is 8.65. The van der Waals surface area contributed by atoms with Gasteiger partial charge < -0.3 is 10.3 Å². The van der Waals surface area contributed by atoms with Crippen LogP contribution in [0.5, 0.6) is 0 Å². The number of rotatable bonds is 3. The minimum Gasteiger partial charge on any atom is -0.383 e. The van der Waals surface area contributed by atoms with Crippen molar-refractivity contribution in [3.8, 4) is 11.3 Å². The Morgan fingerprint density at radius 1 is 1.28 bits per heavy atom. The molecule has 7 heteroatoms. The fourth-order valence-corrected chi connectivity index (χ4v) is 4.21. The van der Waals surface area contributed by atoms with Gasteiger partial charge in [-0.25, -0.2) is 9.97 Å². The van der Waals surface area contributed by atoms with Gasteiger partial charge in [-0.15, -0.1) is 0 Å². The highest BCUT2D eigenvalue weighted by atomic mass is 19.4. The van der Waals surface area contributed by atoms with Crippen LogP contribution in [0.4, 0.5) is 19.0 Å². The highest BCUT2D eigenvalue weighted by Gasteiger charge is 2.55. The van der Waals surface area contributed by atoms with Crippen molar-refractivity contribution in [3.63, 3.8) is 0 Å². The van der Waals surface area contributed by atoms with Gasteiger partial charge in [-0.3, -0.25) is 0 Å². The minimum atomic E-state index is -4.53. The quantitative estimate of drug-likeness (QED) is 0.882. The summed E-state index contributed by atoms with van der Waals surface area (Å²) >= 11 is 0. The number of hydrogen-bond acceptors (Lipinski definition) is 3. The zero-order chi connectivity index (χ0) is 18.0. The molecular formula is C18H21F3N4. The zero-order valence-corrected chi connectivity index (χ0v) is 14.3. The number of nitrogens with two attached hydrogens (primary N) is 1. The summed E-state index contributed by atoms with van der Waals surface area (Å²) in [5, 5.41) is 0. The standard InChI is InChI=1S/C18H21F3N4/c1-10(2)16-24-14(9-25(16)17-5-3-12(17)4-6-17)11-7-13(18(19,20)21)15(22)23-8-11/h7-10,12H,3-6H2,1-2H3,(H2,22,23). The number of fused-ring (bicyclic) bond motifs is 1. The Bertz CT molecular complexity index is 814. The maximum atomic E-state index is 13.1. The predicted molar refractivity (Wildman–Crippen MR) is 88.9 cm³/mol. The molecule has 2 aliphatic rings. The molecule has 0 atom stereocenters. The summed E-state index contributed by atoms with van der Waals surface area (Å²) in [6.07, 6.45) is 3.47. The Hall–Kier alpha value is -2.05. The smallest absolute Gasteiger partial charge is 0.383 e. The van der Waals surface area contributed by atoms with Crippen molar-refractivity contribution in [2.45, 2.75) is 57.2 Å². The molecule has 0 saturated heterocycles. The molecule has 0 radical (unpaired) electrons. The van der Waals surface area contributed by atoms with Crippen LogP contribution < -0.4 is 5.73 Å². The lowest BCUT2D eigenvalue weighted by Gasteiger charge is -2.59. The SMILES string of the molecule is CC(C)c1nc(-c2cnc(N)c(C(F)(F)F)c2)cn1C12CCC1CC2. The summed E-state index contributed by atoms with van der Waals surface area (Å²) in [5.41, 5.74) is 5.53. The highest BCUT2D eigenvalue weighted by Crippen LogP contribution is 2.60. The lowest BCUT2D eigenvalue weighted by molar-refractivity contribution is -0.137. The minimum absolute atomic E-state index is 0.138. The molecule has 2 saturated carbocycles. The average molecular weight is 350 g/mol. The van der Waals surface area contributed by atoms with Crippen molar-refractivity contribution in [1.82, 2.24) is 14.5 Å². The van der Waals surface area contributed by atoms with Crippen LogP contribution >= 0.6 is 0 Å². The molecule has 0 spiro atoms. The Morgan fingerprint density at radius 2 is 1.96 bits per heavy atom. The van der Waals surface area contributed by atoms with Gasteiger partial charge in [0.05, 0.1) is 11.3 Å². The normalized spacial score (nSPS) is 25.4. The van der Waals surface area contributed by atoms with Gasteiger partial charge in [0.25, 0.3) is 0 Å². The van der Waals surface area contributed by atoms with Gasteiger partial charge >= 0.3 is 6.18 Å². The molecule has 0 aliphatic heterocycles. The number of anilines is 1. The van der Waals surface area contributed by atoms with Gasteiger partial charge in [-0.05, 0) is 37.7 Å². The van der Waals surface area contributed by atoms with Crippen LogP contribution in [-0.2, 0) is 11.7 Å². The van der Waals surface area contributed by atoms with Crippen molar-refractivity contribution in [3.05, 3.63) is 29.8 Å². The summed E-state index contributed by atoms with van der Waals surface area (Å²) in [5.74, 6) is 1.32. The van der Waals surface area contributed by atoms with Crippen LogP contribution in [0, 0.1) is 5.92 Å². The van der Waals surface area contributed by atoms with E-state index < -0.39 is 17.6 Å². The summed E-state index contributed by atoms with van der Waals surface area (Å²) < 4.78 is 41.6. The van der Waals surface area contributed by atoms with Gasteiger partial charge in [-0.1, -0.05) is 13.8 Å². The van der Waals surface area contributed by atoms with E-state index in [-0.39, 0.29) is 11.5 Å². The number of pyridine rings is 1. The van der Waals surface area contributed by atoms with Crippen LogP contribution in [0.1, 0.15) is 56.8 Å². The maximum absolute atomic E-state index is 13.1. The van der Waals surface area contributed by atoms with E-state index >= 15 is 0 Å². The van der Waals surface area contributed by atoms with E-state index in [0.717, 1.165) is 24.7 Å². The molecule has 2 fully saturated rings. The first-order chi connectivity index (χ1) is 11.7. The van der Waals surface area contributed by atoms with E-state index in [9.17, 15) is 13.2 Å². The van der Waals surface area contributed by atoms with E-state index in [0.29, 0.717) is 17.2 Å². The number of nitrogen functional groups attached to an aromatic ring is 1. The molecule has 2 aromatic heterocycles. The van der Waals surface area contributed by atoms with Crippen LogP contribution in [-0.4, -0.2) is 14.5 Å². The van der Waals surface area contributed by atoms with Crippen molar-refractivity contribution in [1.29, 1.82) is 0 Å². The van der Waals surface area contributed by atoms with E-state index in [2.05, 4.69) is 28.4 Å². The van der Waals surface area contributed by atoms with Crippen LogP contribution in [0.15, 0.2) is 18.5 Å². The lowest BCUT2D eigenvalue weighted by Crippen LogP contribution is -2.57. The van der Waals surface area contributed by atoms with E-state index in [1.807, 2.05) is 6.20 Å². The number of halogens is 3. The first-order valence-electron chi connectivity index (χ1n) is 8.65. The predicted octanol–water partition coefficient (Wildman–Crippen LogP) is 4.57. The largest absolute Gasteiger partial charge is 0.419 e. The number of imidazole rings is 1. The molecule has 0 unspecified atom stereocenters. The number of hydrogen-bond donors (Lipinski definition) is 1. The number of alkyl halides is 3. The fourth-order valence-electron chi connectivity index (χ4n) is 4.21. The van der Waals surface area contributed by atoms with E-state index in [1.165, 1.54) is 19.0 Å². The van der Waals surface area contributed by atoms with Crippen LogP contribution in [0.3, 0.4) is 0 Å². The van der Waals surface area contributed by atoms with Crippen molar-refractivity contribution >= 4 is 5.82 Å². The maximum Gasteiger partial charge on any atom is 0.419 e. The number of nitrogens with zero attached hydrogens (tertiary/aromatic N) is 3. The summed E-state index contributed by atoms with van der Waals surface area (Å²) in [6.45, 7) is 4.13. The Balaban J connectivity index is 1.80. The molecule has 4 nitrogen and oxygen atoms in total. The third-order valence-corrected chi connectivity index (χ3v) is 5.86. The topological polar surface area (TPSA) is 56.7 Å². The van der Waals surface area contributed by atoms with Gasteiger partial charge in [0, 0.05) is 29.4 Å². The molecular weight excluding hydrogens is 329 g/mol. The van der Waals surface area contributed by atoms with E-state index in [1.54, 1.807) is 0 Å². The molecule has 2 heterocycles. The third kappa shape index (κ3) is 2.35. The second-order valence-electron chi connectivity index (χ2n) is 7.54. The van der Waals surface area contributed by atoms with Gasteiger partial charge in [0.1, 0.15) is 11.6 Å². The van der Waals surface area contributed by atoms with Crippen LogP contribution in [0.25, 0.3) is 11.3 Å². The molecule has 0 amide bonds. The summed E-state index contributed by atoms with van der Waals surface area (Å²) in [6, 6.07) is 1.05. The molecule has 4 rings (SSSR count). The van der Waals surface area contributed by atoms with Crippen molar-refractivity contribution in [2.75, 3.05) is 5.73 Å². The second kappa shape index (κ2) is 5.22. The fraction of sp³-hybridized carbons (Fsp3) is 0.556. The average Bonchev–Trinajstić information content (AvgIpc) is 2.95. The van der Waals surface area contributed by atoms with Gasteiger partial charge in [0.2, 0.25) is 0 Å². The Morgan fingerprint density at radius 3 is 2.44 bits per heavy atom. The Labute approximate surface area is 144 Å². The molecule has 2 aromatic rings. The first kappa shape index (κ1) is 16.4. The molecule has 0 aromatic carbocycles. The molecule has 2 aliphatic carbocycles. The van der Waals surface area contributed by atoms with Crippen molar-refractivity contribution in [2.24, 2.45) is 5.92 Å². The molecule has 25 heavy (non-hydrogen) atoms. The van der Waals surface area contributed by atoms with Crippen LogP contribution in [0.2, 0.25) is 0 Å². The summed E-state index contributed by atoms with van der Waals surface area (Å²) in [4.78, 5) is 8.40. The molecule has 134 valence electrons.